The molecule has 4 nitrogen and oxygen atoms in total. The van der Waals surface area contributed by atoms with Crippen LogP contribution in [0.4, 0.5) is 0 Å². The Labute approximate surface area is 53.1 Å². The Morgan fingerprint density at radius 3 is 2.56 bits per heavy atom. The van der Waals surface area contributed by atoms with Gasteiger partial charge in [0.25, 0.3) is 0 Å². The minimum atomic E-state index is -0.579. The van der Waals surface area contributed by atoms with Crippen LogP contribution in [0.15, 0.2) is 0 Å². The molecule has 0 aliphatic carbocycles. The fourth-order valence-corrected chi connectivity index (χ4v) is 0.368. The number of aliphatic hydroxyl groups excluding tert-OH is 2. The molecule has 0 atom stereocenters. The molecule has 0 unspecified atom stereocenters. The lowest BCUT2D eigenvalue weighted by molar-refractivity contribution is -0.152. The molecule has 0 rings (SSSR count). The molecule has 0 aromatic heterocycles. The Morgan fingerprint density at radius 2 is 2.11 bits per heavy atom. The van der Waals surface area contributed by atoms with Crippen molar-refractivity contribution < 1.29 is 19.7 Å². The van der Waals surface area contributed by atoms with Gasteiger partial charge in [0.1, 0.15) is 0 Å². The Hall–Kier alpha value is -0.610. The fourth-order valence-electron chi connectivity index (χ4n) is 0.368. The van der Waals surface area contributed by atoms with Crippen molar-refractivity contribution in [2.45, 2.75) is 12.8 Å². The van der Waals surface area contributed by atoms with Crippen molar-refractivity contribution in [2.75, 3.05) is 13.4 Å². The van der Waals surface area contributed by atoms with Crippen molar-refractivity contribution >= 4 is 5.97 Å². The van der Waals surface area contributed by atoms with Crippen molar-refractivity contribution in [1.82, 2.24) is 0 Å². The Bertz CT molecular complexity index is 81.0. The number of aliphatic hydroxyl groups is 2. The van der Waals surface area contributed by atoms with Gasteiger partial charge in [-0.15, -0.1) is 0 Å². The summed E-state index contributed by atoms with van der Waals surface area (Å²) in [5.74, 6) is -0.480. The first-order chi connectivity index (χ1) is 4.31. The van der Waals surface area contributed by atoms with Gasteiger partial charge in [0, 0.05) is 13.0 Å². The van der Waals surface area contributed by atoms with Crippen LogP contribution in [-0.4, -0.2) is 29.6 Å². The average Bonchev–Trinajstić information content (AvgIpc) is 1.85. The van der Waals surface area contributed by atoms with Crippen LogP contribution in [0.5, 0.6) is 0 Å². The molecule has 0 spiro atoms. The zero-order valence-corrected chi connectivity index (χ0v) is 5.04. The van der Waals surface area contributed by atoms with E-state index in [1.54, 1.807) is 0 Å². The van der Waals surface area contributed by atoms with Gasteiger partial charge in [0.15, 0.2) is 6.79 Å². The van der Waals surface area contributed by atoms with Gasteiger partial charge in [-0.25, -0.2) is 0 Å². The highest BCUT2D eigenvalue weighted by Crippen LogP contribution is 1.89. The summed E-state index contributed by atoms with van der Waals surface area (Å²) in [5, 5.41) is 16.2. The normalized spacial score (nSPS) is 9.11. The van der Waals surface area contributed by atoms with E-state index in [1.165, 1.54) is 0 Å². The van der Waals surface area contributed by atoms with E-state index in [0.29, 0.717) is 6.42 Å². The maximum absolute atomic E-state index is 10.3. The number of carbonyl (C=O) groups is 1. The third-order valence-corrected chi connectivity index (χ3v) is 0.765. The predicted octanol–water partition coefficient (Wildman–Crippen LogP) is -0.748. The van der Waals surface area contributed by atoms with Crippen molar-refractivity contribution in [3.63, 3.8) is 0 Å². The molecular weight excluding hydrogens is 124 g/mol. The lowest BCUT2D eigenvalue weighted by Crippen LogP contribution is -2.05. The van der Waals surface area contributed by atoms with Gasteiger partial charge in [-0.1, -0.05) is 0 Å². The number of rotatable bonds is 4. The molecule has 0 aromatic rings. The topological polar surface area (TPSA) is 66.8 Å². The Balaban J connectivity index is 3.06. The van der Waals surface area contributed by atoms with Gasteiger partial charge < -0.3 is 14.9 Å². The van der Waals surface area contributed by atoms with Crippen molar-refractivity contribution in [2.24, 2.45) is 0 Å². The van der Waals surface area contributed by atoms with Gasteiger partial charge in [-0.2, -0.15) is 0 Å². The highest BCUT2D eigenvalue weighted by molar-refractivity contribution is 5.69. The molecule has 0 bridgehead atoms. The first kappa shape index (κ1) is 8.39. The van der Waals surface area contributed by atoms with Gasteiger partial charge >= 0.3 is 5.97 Å². The van der Waals surface area contributed by atoms with Crippen molar-refractivity contribution in [3.8, 4) is 0 Å². The first-order valence-corrected chi connectivity index (χ1v) is 2.68. The summed E-state index contributed by atoms with van der Waals surface area (Å²) in [7, 11) is 0. The molecular formula is C5H10O4. The summed E-state index contributed by atoms with van der Waals surface area (Å²) in [6, 6.07) is 0. The lowest BCUT2D eigenvalue weighted by Gasteiger charge is -1.96. The van der Waals surface area contributed by atoms with E-state index in [-0.39, 0.29) is 13.0 Å². The minimum Gasteiger partial charge on any atom is -0.439 e. The summed E-state index contributed by atoms with van der Waals surface area (Å²) in [6.45, 7) is -0.606. The second-order valence-corrected chi connectivity index (χ2v) is 1.47. The zero-order valence-electron chi connectivity index (χ0n) is 5.04. The van der Waals surface area contributed by atoms with E-state index in [4.69, 9.17) is 10.2 Å². The Morgan fingerprint density at radius 1 is 1.44 bits per heavy atom. The molecule has 54 valence electrons. The minimum absolute atomic E-state index is 0.0273. The van der Waals surface area contributed by atoms with Crippen LogP contribution in [0.2, 0.25) is 0 Å². The van der Waals surface area contributed by atoms with E-state index in [0.717, 1.165) is 0 Å². The lowest BCUT2D eigenvalue weighted by atomic mass is 10.3. The molecule has 0 radical (unpaired) electrons. The smallest absolute Gasteiger partial charge is 0.307 e. The van der Waals surface area contributed by atoms with Gasteiger partial charge in [-0.05, 0) is 6.42 Å². The number of hydrogen-bond acceptors (Lipinski definition) is 4. The molecule has 0 amide bonds. The summed E-state index contributed by atoms with van der Waals surface area (Å²) in [6.07, 6.45) is 0.551. The van der Waals surface area contributed by atoms with Crippen LogP contribution in [0.3, 0.4) is 0 Å². The van der Waals surface area contributed by atoms with Crippen LogP contribution < -0.4 is 0 Å². The maximum atomic E-state index is 10.3. The highest BCUT2D eigenvalue weighted by Gasteiger charge is 1.98. The molecule has 0 aromatic carbocycles. The maximum Gasteiger partial charge on any atom is 0.307 e. The monoisotopic (exact) mass is 134 g/mol. The van der Waals surface area contributed by atoms with Gasteiger partial charge in [-0.3, -0.25) is 4.79 Å². The highest BCUT2D eigenvalue weighted by atomic mass is 16.6. The number of esters is 1. The molecule has 0 fully saturated rings. The summed E-state index contributed by atoms with van der Waals surface area (Å²) < 4.78 is 4.15. The molecule has 0 saturated carbocycles. The van der Waals surface area contributed by atoms with Gasteiger partial charge in [0.2, 0.25) is 0 Å². The first-order valence-electron chi connectivity index (χ1n) is 2.68. The van der Waals surface area contributed by atoms with E-state index in [2.05, 4.69) is 4.74 Å². The number of ether oxygens (including phenoxy) is 1. The quantitative estimate of drug-likeness (QED) is 0.392. The molecule has 0 aliphatic heterocycles. The van der Waals surface area contributed by atoms with Crippen molar-refractivity contribution in [1.29, 1.82) is 0 Å². The van der Waals surface area contributed by atoms with Crippen LogP contribution in [0, 0.1) is 0 Å². The number of carbonyl (C=O) groups excluding carboxylic acids is 1. The van der Waals surface area contributed by atoms with Crippen LogP contribution in [0.25, 0.3) is 0 Å². The van der Waals surface area contributed by atoms with Crippen molar-refractivity contribution in [3.05, 3.63) is 0 Å². The third kappa shape index (κ3) is 5.26. The molecule has 2 N–H and O–H groups in total. The molecule has 0 saturated heterocycles. The van der Waals surface area contributed by atoms with Gasteiger partial charge in [0.05, 0.1) is 0 Å². The zero-order chi connectivity index (χ0) is 7.11. The summed E-state index contributed by atoms with van der Waals surface area (Å²) in [4.78, 5) is 10.3. The molecule has 4 heteroatoms. The average molecular weight is 134 g/mol. The van der Waals surface area contributed by atoms with E-state index in [1.807, 2.05) is 0 Å². The SMILES string of the molecule is O=C(CCCO)OCO. The second kappa shape index (κ2) is 5.53. The summed E-state index contributed by atoms with van der Waals surface area (Å²) >= 11 is 0. The fraction of sp³-hybridized carbons (Fsp3) is 0.800. The molecule has 9 heavy (non-hydrogen) atoms. The van der Waals surface area contributed by atoms with Crippen LogP contribution >= 0.6 is 0 Å². The van der Waals surface area contributed by atoms with E-state index in [9.17, 15) is 4.79 Å². The Kier molecular flexibility index (Phi) is 5.15. The molecule has 0 heterocycles. The largest absolute Gasteiger partial charge is 0.439 e. The molecule has 0 aliphatic rings. The van der Waals surface area contributed by atoms with E-state index >= 15 is 0 Å². The van der Waals surface area contributed by atoms with Crippen LogP contribution in [0.1, 0.15) is 12.8 Å². The van der Waals surface area contributed by atoms with E-state index < -0.39 is 12.8 Å². The van der Waals surface area contributed by atoms with Crippen LogP contribution in [-0.2, 0) is 9.53 Å². The predicted molar refractivity (Wildman–Crippen MR) is 29.5 cm³/mol. The third-order valence-electron chi connectivity index (χ3n) is 0.765. The standard InChI is InChI=1S/C5H10O4/c6-3-1-2-5(8)9-4-7/h6-7H,1-4H2. The summed E-state index contributed by atoms with van der Waals surface area (Å²) in [5.41, 5.74) is 0. The second-order valence-electron chi connectivity index (χ2n) is 1.47. The number of hydrogen-bond donors (Lipinski definition) is 2.